The zero-order chi connectivity index (χ0) is 14.5. The molecule has 2 heterocycles. The molecule has 0 unspecified atom stereocenters. The van der Waals surface area contributed by atoms with Gasteiger partial charge in [0.1, 0.15) is 17.8 Å². The van der Waals surface area contributed by atoms with Gasteiger partial charge >= 0.3 is 5.69 Å². The zero-order valence-corrected chi connectivity index (χ0v) is 10.6. The van der Waals surface area contributed by atoms with Crippen LogP contribution in [0, 0.1) is 5.92 Å². The first-order valence-corrected chi connectivity index (χ1v) is 6.46. The van der Waals surface area contributed by atoms with E-state index in [1.54, 1.807) is 0 Å². The largest absolute Gasteiger partial charge is 0.394 e. The molecule has 2 fully saturated rings. The number of rotatable bonds is 3. The highest BCUT2D eigenvalue weighted by Crippen LogP contribution is 2.52. The number of aliphatic hydroxyl groups is 3. The fraction of sp³-hybridized carbons (Fsp3) is 0.667. The van der Waals surface area contributed by atoms with Crippen LogP contribution in [0.5, 0.6) is 0 Å². The Balaban J connectivity index is 2.06. The monoisotopic (exact) mass is 284 g/mol. The molecule has 0 bridgehead atoms. The number of H-pyrrole nitrogens is 1. The molecule has 0 aromatic carbocycles. The molecule has 4 N–H and O–H groups in total. The Morgan fingerprint density at radius 3 is 2.70 bits per heavy atom. The molecule has 1 aromatic heterocycles. The van der Waals surface area contributed by atoms with Crippen molar-refractivity contribution in [2.45, 2.75) is 36.9 Å². The molecule has 0 amide bonds. The topological polar surface area (TPSA) is 125 Å². The maximum atomic E-state index is 11.8. The second-order valence-corrected chi connectivity index (χ2v) is 5.33. The van der Waals surface area contributed by atoms with Gasteiger partial charge in [0.2, 0.25) is 0 Å². The summed E-state index contributed by atoms with van der Waals surface area (Å²) in [5, 5.41) is 30.2. The van der Waals surface area contributed by atoms with Crippen molar-refractivity contribution in [1.82, 2.24) is 9.55 Å². The van der Waals surface area contributed by atoms with Gasteiger partial charge in [-0.3, -0.25) is 14.3 Å². The van der Waals surface area contributed by atoms with E-state index in [1.807, 2.05) is 0 Å². The molecule has 4 atom stereocenters. The second kappa shape index (κ2) is 4.52. The Morgan fingerprint density at radius 1 is 1.45 bits per heavy atom. The summed E-state index contributed by atoms with van der Waals surface area (Å²) in [7, 11) is 0. The van der Waals surface area contributed by atoms with Crippen LogP contribution in [0.4, 0.5) is 0 Å². The molecule has 110 valence electrons. The van der Waals surface area contributed by atoms with Crippen molar-refractivity contribution in [2.24, 2.45) is 5.92 Å². The van der Waals surface area contributed by atoms with Gasteiger partial charge in [0.15, 0.2) is 6.23 Å². The summed E-state index contributed by atoms with van der Waals surface area (Å²) >= 11 is 0. The van der Waals surface area contributed by atoms with Crippen molar-refractivity contribution in [3.05, 3.63) is 33.1 Å². The number of hydrogen-bond acceptors (Lipinski definition) is 6. The first kappa shape index (κ1) is 13.5. The fourth-order valence-electron chi connectivity index (χ4n) is 2.82. The lowest BCUT2D eigenvalue weighted by Gasteiger charge is -2.31. The first-order valence-electron chi connectivity index (χ1n) is 6.46. The molecule has 0 spiro atoms. The Hall–Kier alpha value is -1.48. The van der Waals surface area contributed by atoms with Crippen LogP contribution < -0.4 is 11.2 Å². The summed E-state index contributed by atoms with van der Waals surface area (Å²) in [5.74, 6) is -0.196. The summed E-state index contributed by atoms with van der Waals surface area (Å²) in [4.78, 5) is 25.0. The lowest BCUT2D eigenvalue weighted by molar-refractivity contribution is -0.124. The van der Waals surface area contributed by atoms with Crippen molar-refractivity contribution in [3.63, 3.8) is 0 Å². The number of aliphatic hydroxyl groups excluding tert-OH is 2. The summed E-state index contributed by atoms with van der Waals surface area (Å²) in [5.41, 5.74) is -2.93. The zero-order valence-electron chi connectivity index (χ0n) is 10.6. The third kappa shape index (κ3) is 1.84. The predicted octanol–water partition coefficient (Wildman–Crippen LogP) is -2.07. The van der Waals surface area contributed by atoms with Crippen molar-refractivity contribution in [3.8, 4) is 0 Å². The molecular weight excluding hydrogens is 268 g/mol. The van der Waals surface area contributed by atoms with E-state index in [0.29, 0.717) is 12.8 Å². The summed E-state index contributed by atoms with van der Waals surface area (Å²) in [6, 6.07) is 1.14. The van der Waals surface area contributed by atoms with Gasteiger partial charge in [-0.25, -0.2) is 4.79 Å². The van der Waals surface area contributed by atoms with Gasteiger partial charge in [0.05, 0.1) is 6.61 Å². The maximum Gasteiger partial charge on any atom is 0.330 e. The molecular formula is C12H16N2O6. The number of nitrogens with zero attached hydrogens (tertiary/aromatic N) is 1. The van der Waals surface area contributed by atoms with Crippen LogP contribution >= 0.6 is 0 Å². The standard InChI is InChI=1S/C12H16N2O6/c15-5-7-9(17)12(19,6-1-2-6)10(20-7)14-4-3-8(16)13-11(14)18/h3-4,6-7,9-10,15,17,19H,1-2,5H2,(H,13,16,18)/t7-,9-,10-,12-/m1/s1. The van der Waals surface area contributed by atoms with E-state index in [4.69, 9.17) is 4.74 Å². The average Bonchev–Trinajstić information content (AvgIpc) is 3.21. The fourth-order valence-corrected chi connectivity index (χ4v) is 2.82. The SMILES string of the molecule is O=c1ccn([C@@H]2O[C@H](CO)[C@@H](O)[C@]2(O)C2CC2)c(=O)[nH]1. The summed E-state index contributed by atoms with van der Waals surface area (Å²) in [6.07, 6.45) is -0.751. The van der Waals surface area contributed by atoms with Crippen LogP contribution in [0.1, 0.15) is 19.1 Å². The number of aromatic nitrogens is 2. The molecule has 8 heteroatoms. The molecule has 1 aliphatic heterocycles. The van der Waals surface area contributed by atoms with Crippen LogP contribution in [0.25, 0.3) is 0 Å². The molecule has 3 rings (SSSR count). The van der Waals surface area contributed by atoms with Crippen LogP contribution in [0.2, 0.25) is 0 Å². The lowest BCUT2D eigenvalue weighted by Crippen LogP contribution is -2.50. The van der Waals surface area contributed by atoms with Gasteiger partial charge in [0, 0.05) is 12.3 Å². The Bertz CT molecular complexity index is 621. The van der Waals surface area contributed by atoms with Crippen molar-refractivity contribution >= 4 is 0 Å². The summed E-state index contributed by atoms with van der Waals surface area (Å²) < 4.78 is 6.48. The van der Waals surface area contributed by atoms with E-state index in [2.05, 4.69) is 4.98 Å². The minimum absolute atomic E-state index is 0.196. The summed E-state index contributed by atoms with van der Waals surface area (Å²) in [6.45, 7) is -0.467. The van der Waals surface area contributed by atoms with Gasteiger partial charge < -0.3 is 20.1 Å². The van der Waals surface area contributed by atoms with Gasteiger partial charge in [0.25, 0.3) is 5.56 Å². The van der Waals surface area contributed by atoms with E-state index < -0.39 is 41.9 Å². The number of aromatic amines is 1. The average molecular weight is 284 g/mol. The number of hydrogen-bond donors (Lipinski definition) is 4. The van der Waals surface area contributed by atoms with Gasteiger partial charge in [-0.05, 0) is 18.8 Å². The smallest absolute Gasteiger partial charge is 0.330 e. The highest BCUT2D eigenvalue weighted by atomic mass is 16.6. The van der Waals surface area contributed by atoms with Crippen LogP contribution in [0.3, 0.4) is 0 Å². The molecule has 1 aliphatic carbocycles. The quantitative estimate of drug-likeness (QED) is 0.505. The Kier molecular flexibility index (Phi) is 3.05. The van der Waals surface area contributed by atoms with Gasteiger partial charge in [-0.15, -0.1) is 0 Å². The molecule has 8 nitrogen and oxygen atoms in total. The van der Waals surface area contributed by atoms with Gasteiger partial charge in [-0.2, -0.15) is 0 Å². The molecule has 1 aromatic rings. The molecule has 1 saturated carbocycles. The van der Waals surface area contributed by atoms with E-state index in [9.17, 15) is 24.9 Å². The first-order chi connectivity index (χ1) is 9.48. The maximum absolute atomic E-state index is 11.8. The minimum Gasteiger partial charge on any atom is -0.394 e. The highest BCUT2D eigenvalue weighted by molar-refractivity contribution is 5.10. The van der Waals surface area contributed by atoms with Crippen LogP contribution in [-0.2, 0) is 4.74 Å². The third-order valence-corrected chi connectivity index (χ3v) is 4.04. The van der Waals surface area contributed by atoms with Crippen LogP contribution in [0.15, 0.2) is 21.9 Å². The molecule has 20 heavy (non-hydrogen) atoms. The normalized spacial score (nSPS) is 37.2. The van der Waals surface area contributed by atoms with Crippen LogP contribution in [-0.4, -0.2) is 49.3 Å². The van der Waals surface area contributed by atoms with Crippen molar-refractivity contribution in [2.75, 3.05) is 6.61 Å². The van der Waals surface area contributed by atoms with Crippen molar-refractivity contribution in [1.29, 1.82) is 0 Å². The molecule has 1 saturated heterocycles. The number of nitrogens with one attached hydrogen (secondary N) is 1. The molecule has 2 aliphatic rings. The van der Waals surface area contributed by atoms with E-state index in [-0.39, 0.29) is 5.92 Å². The predicted molar refractivity (Wildman–Crippen MR) is 66.0 cm³/mol. The number of ether oxygens (including phenoxy) is 1. The second-order valence-electron chi connectivity index (χ2n) is 5.33. The van der Waals surface area contributed by atoms with E-state index >= 15 is 0 Å². The minimum atomic E-state index is -1.64. The Morgan fingerprint density at radius 2 is 2.15 bits per heavy atom. The third-order valence-electron chi connectivity index (χ3n) is 4.04. The Labute approximate surface area is 113 Å². The van der Waals surface area contributed by atoms with Crippen molar-refractivity contribution < 1.29 is 20.1 Å². The van der Waals surface area contributed by atoms with E-state index in [0.717, 1.165) is 10.6 Å². The van der Waals surface area contributed by atoms with Gasteiger partial charge in [-0.1, -0.05) is 0 Å². The highest BCUT2D eigenvalue weighted by Gasteiger charge is 2.62. The lowest BCUT2D eigenvalue weighted by atomic mass is 9.89. The van der Waals surface area contributed by atoms with E-state index in [1.165, 1.54) is 6.20 Å². The molecule has 0 radical (unpaired) electrons.